The minimum absolute atomic E-state index is 0.119. The molecule has 2 aliphatic heterocycles. The largest absolute Gasteiger partial charge is 0.340 e. The van der Waals surface area contributed by atoms with Crippen LogP contribution < -0.4 is 0 Å². The predicted octanol–water partition coefficient (Wildman–Crippen LogP) is 0.829. The maximum atomic E-state index is 12.4. The van der Waals surface area contributed by atoms with Crippen molar-refractivity contribution in [3.63, 3.8) is 0 Å². The number of nitrogens with zero attached hydrogens (tertiary/aromatic N) is 3. The second-order valence-corrected chi connectivity index (χ2v) is 6.91. The van der Waals surface area contributed by atoms with Crippen LogP contribution in [-0.4, -0.2) is 71.7 Å². The van der Waals surface area contributed by atoms with Crippen LogP contribution in [0, 0.1) is 6.92 Å². The normalized spacial score (nSPS) is 21.9. The minimum atomic E-state index is -0.345. The highest BCUT2D eigenvalue weighted by Gasteiger charge is 2.40. The molecule has 1 aromatic carbocycles. The zero-order valence-corrected chi connectivity index (χ0v) is 14.9. The van der Waals surface area contributed by atoms with Crippen LogP contribution in [0.5, 0.6) is 0 Å². The van der Waals surface area contributed by atoms with Crippen LogP contribution in [-0.2, 0) is 20.8 Å². The third-order valence-electron chi connectivity index (χ3n) is 5.21. The molecule has 0 bridgehead atoms. The van der Waals surface area contributed by atoms with Crippen molar-refractivity contribution in [1.29, 1.82) is 0 Å². The standard InChI is InChI=1S/C19H25N3O3/c1-14-3-5-15(6-4-14)7-8-17(23)22-11-9-21(10-12-22)16-13-18(24)20(2)19(16)25/h3-6,16H,7-13H2,1-2H3. The molecule has 2 heterocycles. The van der Waals surface area contributed by atoms with Crippen molar-refractivity contribution in [2.24, 2.45) is 0 Å². The molecular formula is C19H25N3O3. The summed E-state index contributed by atoms with van der Waals surface area (Å²) in [6, 6.07) is 7.92. The minimum Gasteiger partial charge on any atom is -0.340 e. The summed E-state index contributed by atoms with van der Waals surface area (Å²) in [5.41, 5.74) is 2.40. The lowest BCUT2D eigenvalue weighted by Gasteiger charge is -2.37. The Morgan fingerprint density at radius 2 is 1.72 bits per heavy atom. The zero-order valence-electron chi connectivity index (χ0n) is 14.9. The fourth-order valence-corrected chi connectivity index (χ4v) is 3.47. The van der Waals surface area contributed by atoms with Gasteiger partial charge in [-0.15, -0.1) is 0 Å². The highest BCUT2D eigenvalue weighted by molar-refractivity contribution is 6.05. The average molecular weight is 343 g/mol. The molecule has 6 nitrogen and oxygen atoms in total. The van der Waals surface area contributed by atoms with Gasteiger partial charge in [-0.25, -0.2) is 0 Å². The number of hydrogen-bond donors (Lipinski definition) is 0. The predicted molar refractivity (Wildman–Crippen MR) is 93.8 cm³/mol. The molecule has 0 aliphatic carbocycles. The number of aryl methyl sites for hydroxylation is 2. The van der Waals surface area contributed by atoms with Gasteiger partial charge in [0.05, 0.1) is 12.5 Å². The molecular weight excluding hydrogens is 318 g/mol. The van der Waals surface area contributed by atoms with E-state index in [1.54, 1.807) is 0 Å². The Labute approximate surface area is 148 Å². The smallest absolute Gasteiger partial charge is 0.246 e. The highest BCUT2D eigenvalue weighted by Crippen LogP contribution is 2.19. The summed E-state index contributed by atoms with van der Waals surface area (Å²) in [6.07, 6.45) is 1.52. The molecule has 6 heteroatoms. The highest BCUT2D eigenvalue weighted by atomic mass is 16.2. The van der Waals surface area contributed by atoms with E-state index in [1.165, 1.54) is 23.1 Å². The van der Waals surface area contributed by atoms with Crippen molar-refractivity contribution in [3.8, 4) is 0 Å². The molecule has 2 fully saturated rings. The number of likely N-dealkylation sites (tertiary alicyclic amines) is 1. The zero-order chi connectivity index (χ0) is 18.0. The van der Waals surface area contributed by atoms with E-state index in [2.05, 4.69) is 31.2 Å². The van der Waals surface area contributed by atoms with E-state index in [0.29, 0.717) is 32.6 Å². The van der Waals surface area contributed by atoms with Crippen molar-refractivity contribution in [3.05, 3.63) is 35.4 Å². The van der Waals surface area contributed by atoms with E-state index in [1.807, 2.05) is 9.80 Å². The second-order valence-electron chi connectivity index (χ2n) is 6.91. The van der Waals surface area contributed by atoms with Crippen molar-refractivity contribution in [1.82, 2.24) is 14.7 Å². The molecule has 25 heavy (non-hydrogen) atoms. The van der Waals surface area contributed by atoms with E-state index < -0.39 is 0 Å². The van der Waals surface area contributed by atoms with Gasteiger partial charge in [-0.05, 0) is 18.9 Å². The molecule has 0 N–H and O–H groups in total. The van der Waals surface area contributed by atoms with Gasteiger partial charge in [0.15, 0.2) is 0 Å². The topological polar surface area (TPSA) is 60.9 Å². The first kappa shape index (κ1) is 17.6. The molecule has 2 aliphatic rings. The third-order valence-corrected chi connectivity index (χ3v) is 5.21. The molecule has 1 unspecified atom stereocenters. The summed E-state index contributed by atoms with van der Waals surface area (Å²) in [7, 11) is 1.54. The summed E-state index contributed by atoms with van der Waals surface area (Å²) >= 11 is 0. The van der Waals surface area contributed by atoms with Crippen LogP contribution in [0.25, 0.3) is 0 Å². The summed E-state index contributed by atoms with van der Waals surface area (Å²) in [5.74, 6) is -0.0816. The number of amides is 3. The number of piperazine rings is 1. The Hall–Kier alpha value is -2.21. The number of imide groups is 1. The van der Waals surface area contributed by atoms with Crippen molar-refractivity contribution >= 4 is 17.7 Å². The molecule has 0 saturated carbocycles. The molecule has 1 atom stereocenters. The number of carbonyl (C=O) groups excluding carboxylic acids is 3. The van der Waals surface area contributed by atoms with Gasteiger partial charge in [-0.2, -0.15) is 0 Å². The lowest BCUT2D eigenvalue weighted by molar-refractivity contribution is -0.138. The van der Waals surface area contributed by atoms with E-state index >= 15 is 0 Å². The van der Waals surface area contributed by atoms with Gasteiger partial charge in [-0.1, -0.05) is 29.8 Å². The Kier molecular flexibility index (Phi) is 5.18. The molecule has 3 amide bonds. The number of carbonyl (C=O) groups is 3. The fourth-order valence-electron chi connectivity index (χ4n) is 3.47. The summed E-state index contributed by atoms with van der Waals surface area (Å²) in [6.45, 7) is 4.58. The van der Waals surface area contributed by atoms with Crippen LogP contribution in [0.2, 0.25) is 0 Å². The second kappa shape index (κ2) is 7.35. The molecule has 2 saturated heterocycles. The van der Waals surface area contributed by atoms with Gasteiger partial charge >= 0.3 is 0 Å². The van der Waals surface area contributed by atoms with Crippen molar-refractivity contribution in [2.45, 2.75) is 32.2 Å². The molecule has 0 spiro atoms. The molecule has 0 radical (unpaired) electrons. The van der Waals surface area contributed by atoms with Gasteiger partial charge in [0.2, 0.25) is 17.7 Å². The van der Waals surface area contributed by atoms with Crippen molar-refractivity contribution < 1.29 is 14.4 Å². The quantitative estimate of drug-likeness (QED) is 0.760. The Morgan fingerprint density at radius 3 is 2.28 bits per heavy atom. The van der Waals surface area contributed by atoms with Crippen molar-refractivity contribution in [2.75, 3.05) is 33.2 Å². The first-order chi connectivity index (χ1) is 12.0. The van der Waals surface area contributed by atoms with Crippen LogP contribution in [0.4, 0.5) is 0 Å². The van der Waals surface area contributed by atoms with Crippen LogP contribution in [0.1, 0.15) is 24.0 Å². The summed E-state index contributed by atoms with van der Waals surface area (Å²) in [5, 5.41) is 0. The lowest BCUT2D eigenvalue weighted by Crippen LogP contribution is -2.53. The molecule has 1 aromatic rings. The SMILES string of the molecule is Cc1ccc(CCC(=O)N2CCN(C3CC(=O)N(C)C3=O)CC2)cc1. The van der Waals surface area contributed by atoms with Gasteiger partial charge in [0.25, 0.3) is 0 Å². The Balaban J connectivity index is 1.47. The van der Waals surface area contributed by atoms with E-state index in [4.69, 9.17) is 0 Å². The van der Waals surface area contributed by atoms with Crippen LogP contribution in [0.3, 0.4) is 0 Å². The van der Waals surface area contributed by atoms with Gasteiger partial charge in [0.1, 0.15) is 0 Å². The van der Waals surface area contributed by atoms with Gasteiger partial charge in [-0.3, -0.25) is 24.2 Å². The first-order valence-corrected chi connectivity index (χ1v) is 8.83. The lowest BCUT2D eigenvalue weighted by atomic mass is 10.1. The number of likely N-dealkylation sites (N-methyl/N-ethyl adjacent to an activating group) is 1. The summed E-state index contributed by atoms with van der Waals surface area (Å²) < 4.78 is 0. The maximum Gasteiger partial charge on any atom is 0.246 e. The van der Waals surface area contributed by atoms with E-state index in [-0.39, 0.29) is 30.2 Å². The fraction of sp³-hybridized carbons (Fsp3) is 0.526. The Bertz CT molecular complexity index is 663. The van der Waals surface area contributed by atoms with Crippen LogP contribution in [0.15, 0.2) is 24.3 Å². The molecule has 3 rings (SSSR count). The molecule has 134 valence electrons. The third kappa shape index (κ3) is 3.90. The van der Waals surface area contributed by atoms with Gasteiger partial charge in [0, 0.05) is 39.6 Å². The van der Waals surface area contributed by atoms with E-state index in [0.717, 1.165) is 6.42 Å². The van der Waals surface area contributed by atoms with Crippen LogP contribution >= 0.6 is 0 Å². The summed E-state index contributed by atoms with van der Waals surface area (Å²) in [4.78, 5) is 41.3. The average Bonchev–Trinajstić information content (AvgIpc) is 2.88. The number of benzene rings is 1. The maximum absolute atomic E-state index is 12.4. The van der Waals surface area contributed by atoms with Gasteiger partial charge < -0.3 is 4.90 Å². The Morgan fingerprint density at radius 1 is 1.08 bits per heavy atom. The monoisotopic (exact) mass is 343 g/mol. The number of rotatable bonds is 4. The van der Waals surface area contributed by atoms with E-state index in [9.17, 15) is 14.4 Å². The number of hydrogen-bond acceptors (Lipinski definition) is 4. The molecule has 0 aromatic heterocycles. The first-order valence-electron chi connectivity index (χ1n) is 8.83.